The summed E-state index contributed by atoms with van der Waals surface area (Å²) in [7, 11) is 1.63. The van der Waals surface area contributed by atoms with E-state index in [1.54, 1.807) is 11.7 Å². The van der Waals surface area contributed by atoms with Crippen LogP contribution in [-0.2, 0) is 10.3 Å². The number of aliphatic hydroxyl groups excluding tert-OH is 2. The Morgan fingerprint density at radius 2 is 1.54 bits per heavy atom. The molecule has 0 aliphatic carbocycles. The van der Waals surface area contributed by atoms with E-state index in [0.717, 1.165) is 22.4 Å². The Labute approximate surface area is 236 Å². The highest BCUT2D eigenvalue weighted by molar-refractivity contribution is 5.84. The summed E-state index contributed by atoms with van der Waals surface area (Å²) in [6.07, 6.45) is -0.367. The van der Waals surface area contributed by atoms with Crippen LogP contribution in [0.15, 0.2) is 97.6 Å². The molecule has 0 unspecified atom stereocenters. The van der Waals surface area contributed by atoms with Crippen LogP contribution in [0.25, 0.3) is 11.2 Å². The number of hydrogen-bond acceptors (Lipinski definition) is 9. The van der Waals surface area contributed by atoms with Crippen LogP contribution < -0.4 is 10.1 Å². The minimum atomic E-state index is -1.69. The average Bonchev–Trinajstić information content (AvgIpc) is 3.54. The van der Waals surface area contributed by atoms with Gasteiger partial charge in [0.05, 0.1) is 20.0 Å². The molecule has 41 heavy (non-hydrogen) atoms. The Hall–Kier alpha value is -4.35. The molecule has 0 amide bonds. The lowest BCUT2D eigenvalue weighted by Gasteiger charge is -2.37. The minimum Gasteiger partial charge on any atom is -0.497 e. The summed E-state index contributed by atoms with van der Waals surface area (Å²) in [5.74, 6) is 1.19. The Morgan fingerprint density at radius 3 is 2.10 bits per heavy atom. The van der Waals surface area contributed by atoms with Gasteiger partial charge < -0.3 is 30.1 Å². The summed E-state index contributed by atoms with van der Waals surface area (Å²) in [6, 6.07) is 28.0. The van der Waals surface area contributed by atoms with Gasteiger partial charge in [0.25, 0.3) is 0 Å². The monoisotopic (exact) mass is 553 g/mol. The number of fused-ring (bicyclic) bond motifs is 1. The number of hydrogen-bond donors (Lipinski definition) is 4. The molecular weight excluding hydrogens is 522 g/mol. The number of anilines is 1. The van der Waals surface area contributed by atoms with Gasteiger partial charge in [-0.15, -0.1) is 0 Å². The van der Waals surface area contributed by atoms with E-state index in [1.807, 2.05) is 60.7 Å². The third-order valence-corrected chi connectivity index (χ3v) is 7.79. The van der Waals surface area contributed by atoms with Gasteiger partial charge in [0.1, 0.15) is 35.4 Å². The van der Waals surface area contributed by atoms with Crippen molar-refractivity contribution in [2.24, 2.45) is 0 Å². The van der Waals surface area contributed by atoms with Crippen molar-refractivity contribution in [2.75, 3.05) is 19.0 Å². The van der Waals surface area contributed by atoms with Crippen molar-refractivity contribution < 1.29 is 24.8 Å². The van der Waals surface area contributed by atoms with Gasteiger partial charge >= 0.3 is 0 Å². The van der Waals surface area contributed by atoms with Gasteiger partial charge in [0.15, 0.2) is 23.2 Å². The summed E-state index contributed by atoms with van der Waals surface area (Å²) in [5.41, 5.74) is 1.13. The van der Waals surface area contributed by atoms with Crippen LogP contribution in [0.3, 0.4) is 0 Å². The van der Waals surface area contributed by atoms with Crippen molar-refractivity contribution in [3.63, 3.8) is 0 Å². The molecule has 6 rings (SSSR count). The lowest BCUT2D eigenvalue weighted by molar-refractivity contribution is -0.0950. The molecule has 1 aliphatic rings. The predicted molar refractivity (Wildman–Crippen MR) is 152 cm³/mol. The number of imidazole rings is 1. The van der Waals surface area contributed by atoms with Crippen LogP contribution >= 0.6 is 0 Å². The maximum Gasteiger partial charge on any atom is 0.168 e. The molecule has 210 valence electrons. The normalized spacial score (nSPS) is 22.6. The molecule has 3 heterocycles. The van der Waals surface area contributed by atoms with Crippen LogP contribution in [0.1, 0.15) is 29.8 Å². The first kappa shape index (κ1) is 26.9. The quantitative estimate of drug-likeness (QED) is 0.214. The zero-order chi connectivity index (χ0) is 28.6. The highest BCUT2D eigenvalue weighted by Gasteiger charge is 2.53. The number of methoxy groups -OCH3 is 1. The van der Waals surface area contributed by atoms with Gasteiger partial charge in [-0.1, -0.05) is 72.8 Å². The second-order valence-electron chi connectivity index (χ2n) is 10.3. The Kier molecular flexibility index (Phi) is 6.92. The summed E-state index contributed by atoms with van der Waals surface area (Å²) in [4.78, 5) is 13.7. The molecular formula is C31H31N5O5. The van der Waals surface area contributed by atoms with Gasteiger partial charge in [-0.25, -0.2) is 15.0 Å². The molecule has 1 saturated heterocycles. The molecule has 4 N–H and O–H groups in total. The van der Waals surface area contributed by atoms with E-state index in [9.17, 15) is 15.3 Å². The standard InChI is InChI=1S/C31H31N5O5/c1-30(39)26(38)24(17-37)41-29(30)36-19-34-25-27(32-18-33-28(25)36)35-31(20-9-5-3-6-10-20,21-11-7-4-8-12-21)22-13-15-23(40-2)16-14-22/h3-16,18-19,24,26,29,37-39H,17H2,1-2H3,(H,32,33,35)/t24-,26-,29-,30-/m1/s1. The van der Waals surface area contributed by atoms with Gasteiger partial charge in [0, 0.05) is 0 Å². The number of aliphatic hydroxyl groups is 3. The largest absolute Gasteiger partial charge is 0.497 e. The minimum absolute atomic E-state index is 0.392. The SMILES string of the molecule is COc1ccc(C(Nc2ncnc3c2ncn3[C@@H]2O[C@H](CO)[C@@H](O)[C@@]2(C)O)(c2ccccc2)c2ccccc2)cc1. The van der Waals surface area contributed by atoms with E-state index in [2.05, 4.69) is 44.5 Å². The van der Waals surface area contributed by atoms with E-state index in [4.69, 9.17) is 9.47 Å². The lowest BCUT2D eigenvalue weighted by Crippen LogP contribution is -2.44. The summed E-state index contributed by atoms with van der Waals surface area (Å²) >= 11 is 0. The first-order chi connectivity index (χ1) is 19.9. The molecule has 1 aliphatic heterocycles. The Bertz CT molecular complexity index is 1590. The molecule has 0 saturated carbocycles. The number of nitrogens with zero attached hydrogens (tertiary/aromatic N) is 4. The number of nitrogens with one attached hydrogen (secondary N) is 1. The van der Waals surface area contributed by atoms with Crippen molar-refractivity contribution in [3.8, 4) is 5.75 Å². The van der Waals surface area contributed by atoms with E-state index in [-0.39, 0.29) is 0 Å². The zero-order valence-corrected chi connectivity index (χ0v) is 22.6. The Balaban J connectivity index is 1.53. The van der Waals surface area contributed by atoms with E-state index in [0.29, 0.717) is 17.0 Å². The maximum atomic E-state index is 11.1. The molecule has 5 aromatic rings. The lowest BCUT2D eigenvalue weighted by atomic mass is 9.77. The molecule has 10 heteroatoms. The molecule has 4 atom stereocenters. The van der Waals surface area contributed by atoms with E-state index >= 15 is 0 Å². The van der Waals surface area contributed by atoms with Crippen molar-refractivity contribution in [3.05, 3.63) is 114 Å². The van der Waals surface area contributed by atoms with Gasteiger partial charge in [-0.3, -0.25) is 4.57 Å². The second kappa shape index (κ2) is 10.6. The molecule has 0 spiro atoms. The fourth-order valence-electron chi connectivity index (χ4n) is 5.62. The molecule has 0 bridgehead atoms. The van der Waals surface area contributed by atoms with Crippen molar-refractivity contribution in [1.29, 1.82) is 0 Å². The third kappa shape index (κ3) is 4.41. The van der Waals surface area contributed by atoms with Gasteiger partial charge in [-0.2, -0.15) is 0 Å². The second-order valence-corrected chi connectivity index (χ2v) is 10.3. The maximum absolute atomic E-state index is 11.1. The first-order valence-electron chi connectivity index (χ1n) is 13.3. The van der Waals surface area contributed by atoms with Crippen LogP contribution in [0, 0.1) is 0 Å². The first-order valence-corrected chi connectivity index (χ1v) is 13.3. The number of rotatable bonds is 8. The molecule has 0 radical (unpaired) electrons. The van der Waals surface area contributed by atoms with Gasteiger partial charge in [-0.05, 0) is 35.7 Å². The van der Waals surface area contributed by atoms with E-state index in [1.165, 1.54) is 19.6 Å². The molecule has 2 aromatic heterocycles. The number of benzene rings is 3. The van der Waals surface area contributed by atoms with Crippen molar-refractivity contribution >= 4 is 17.0 Å². The van der Waals surface area contributed by atoms with E-state index < -0.39 is 36.2 Å². The van der Waals surface area contributed by atoms with Crippen LogP contribution in [0.4, 0.5) is 5.82 Å². The highest BCUT2D eigenvalue weighted by Crippen LogP contribution is 2.43. The third-order valence-electron chi connectivity index (χ3n) is 7.79. The van der Waals surface area contributed by atoms with Crippen molar-refractivity contribution in [2.45, 2.75) is 36.5 Å². The van der Waals surface area contributed by atoms with Crippen LogP contribution in [0.2, 0.25) is 0 Å². The molecule has 3 aromatic carbocycles. The smallest absolute Gasteiger partial charge is 0.168 e. The number of aromatic nitrogens is 4. The fourth-order valence-corrected chi connectivity index (χ4v) is 5.62. The van der Waals surface area contributed by atoms with Crippen LogP contribution in [0.5, 0.6) is 5.75 Å². The van der Waals surface area contributed by atoms with Crippen molar-refractivity contribution in [1.82, 2.24) is 19.5 Å². The average molecular weight is 554 g/mol. The number of ether oxygens (including phenoxy) is 2. The zero-order valence-electron chi connectivity index (χ0n) is 22.6. The molecule has 10 nitrogen and oxygen atoms in total. The highest BCUT2D eigenvalue weighted by atomic mass is 16.6. The fraction of sp³-hybridized carbons (Fsp3) is 0.258. The summed E-state index contributed by atoms with van der Waals surface area (Å²) < 4.78 is 12.8. The molecule has 1 fully saturated rings. The van der Waals surface area contributed by atoms with Gasteiger partial charge in [0.2, 0.25) is 0 Å². The Morgan fingerprint density at radius 1 is 0.927 bits per heavy atom. The van der Waals surface area contributed by atoms with Crippen LogP contribution in [-0.4, -0.2) is 66.4 Å². The summed E-state index contributed by atoms with van der Waals surface area (Å²) in [5, 5.41) is 35.0. The summed E-state index contributed by atoms with van der Waals surface area (Å²) in [6.45, 7) is 1.02. The predicted octanol–water partition coefficient (Wildman–Crippen LogP) is 3.24. The topological polar surface area (TPSA) is 135 Å².